The zero-order chi connectivity index (χ0) is 45.2. The number of pyridine rings is 2. The van der Waals surface area contributed by atoms with Gasteiger partial charge < -0.3 is 48.7 Å². The van der Waals surface area contributed by atoms with Gasteiger partial charge >= 0.3 is 18.1 Å². The van der Waals surface area contributed by atoms with E-state index in [2.05, 4.69) is 10.2 Å². The normalized spacial score (nSPS) is 15.4. The van der Waals surface area contributed by atoms with Gasteiger partial charge in [-0.05, 0) is 84.5 Å². The predicted molar refractivity (Wildman–Crippen MR) is 235 cm³/mol. The molecule has 2 aliphatic rings. The summed E-state index contributed by atoms with van der Waals surface area (Å²) in [4.78, 5) is 47.6. The summed E-state index contributed by atoms with van der Waals surface area (Å²) in [6.07, 6.45) is 1.78. The molecule has 1 atom stereocenters. The number of carbonyl (C=O) groups excluding carboxylic acids is 2. The number of esters is 1. The third-order valence-corrected chi connectivity index (χ3v) is 12.4. The van der Waals surface area contributed by atoms with Gasteiger partial charge in [-0.2, -0.15) is 0 Å². The van der Waals surface area contributed by atoms with Crippen LogP contribution in [0.5, 0.6) is 23.3 Å². The highest BCUT2D eigenvalue weighted by molar-refractivity contribution is 5.91. The van der Waals surface area contributed by atoms with Crippen molar-refractivity contribution in [1.29, 1.82) is 0 Å². The number of amides is 1. The zero-order valence-corrected chi connectivity index (χ0v) is 36.0. The number of aromatic nitrogens is 6. The molecule has 0 radical (unpaired) electrons. The Morgan fingerprint density at radius 2 is 1.77 bits per heavy atom. The highest BCUT2D eigenvalue weighted by atomic mass is 16.6. The van der Waals surface area contributed by atoms with E-state index in [0.29, 0.717) is 53.3 Å². The predicted octanol–water partition coefficient (Wildman–Crippen LogP) is 6.58. The average molecular weight is 870 g/mol. The van der Waals surface area contributed by atoms with Gasteiger partial charge in [-0.1, -0.05) is 32.8 Å². The topological polar surface area (TPSA) is 217 Å². The maximum atomic E-state index is 14.1. The lowest BCUT2D eigenvalue weighted by Crippen LogP contribution is -2.49. The summed E-state index contributed by atoms with van der Waals surface area (Å²) in [6, 6.07) is 16.7. The number of rotatable bonds is 12. The molecule has 1 amide bonds. The van der Waals surface area contributed by atoms with E-state index >= 15 is 0 Å². The fraction of sp³-hybridized carbons (Fsp3) is 0.319. The number of hydrogen-bond acceptors (Lipinski definition) is 13. The minimum absolute atomic E-state index is 0.0182. The molecule has 330 valence electrons. The molecule has 1 unspecified atom stereocenters. The molecular weight excluding hydrogens is 823 g/mol. The second-order valence-electron chi connectivity index (χ2n) is 16.4. The van der Waals surface area contributed by atoms with E-state index in [1.54, 1.807) is 54.9 Å². The molecule has 0 saturated carbocycles. The van der Waals surface area contributed by atoms with E-state index in [4.69, 9.17) is 19.2 Å². The van der Waals surface area contributed by atoms with Crippen LogP contribution in [0, 0.1) is 0 Å². The Kier molecular flexibility index (Phi) is 10.5. The van der Waals surface area contributed by atoms with Gasteiger partial charge in [-0.3, -0.25) is 4.79 Å². The van der Waals surface area contributed by atoms with Crippen LogP contribution in [-0.2, 0) is 50.7 Å². The number of likely N-dealkylation sites (N-methyl/N-ethyl adjacent to an activating group) is 1. The number of phenolic OH excluding ortho intramolecular Hbond substituents is 3. The Balaban J connectivity index is 0.868. The highest BCUT2D eigenvalue weighted by Gasteiger charge is 2.51. The van der Waals surface area contributed by atoms with Crippen molar-refractivity contribution in [3.05, 3.63) is 105 Å². The van der Waals surface area contributed by atoms with Crippen LogP contribution in [0.25, 0.3) is 50.3 Å². The van der Waals surface area contributed by atoms with Crippen LogP contribution in [-0.4, -0.2) is 93.1 Å². The summed E-state index contributed by atoms with van der Waals surface area (Å²) in [5, 5.41) is 51.7. The van der Waals surface area contributed by atoms with E-state index in [1.165, 1.54) is 15.5 Å². The minimum Gasteiger partial charge on any atom is -0.508 e. The summed E-state index contributed by atoms with van der Waals surface area (Å²) in [6.45, 7) is 8.65. The van der Waals surface area contributed by atoms with Crippen LogP contribution < -0.4 is 5.56 Å². The maximum absolute atomic E-state index is 14.1. The first-order valence-corrected chi connectivity index (χ1v) is 21.2. The number of carbonyl (C=O) groups is 2. The Morgan fingerprint density at radius 3 is 2.53 bits per heavy atom. The average Bonchev–Trinajstić information content (AvgIpc) is 3.98. The molecule has 3 aromatic carbocycles. The second-order valence-corrected chi connectivity index (χ2v) is 16.4. The van der Waals surface area contributed by atoms with Crippen LogP contribution in [0.1, 0.15) is 67.9 Å². The molecule has 0 aliphatic carbocycles. The van der Waals surface area contributed by atoms with Crippen LogP contribution in [0.2, 0.25) is 0 Å². The largest absolute Gasteiger partial charge is 0.508 e. The van der Waals surface area contributed by atoms with Crippen LogP contribution >= 0.6 is 0 Å². The first-order valence-electron chi connectivity index (χ1n) is 21.2. The Hall–Kier alpha value is -7.40. The summed E-state index contributed by atoms with van der Waals surface area (Å²) < 4.78 is 22.5. The van der Waals surface area contributed by atoms with Gasteiger partial charge in [0.1, 0.15) is 23.9 Å². The van der Waals surface area contributed by atoms with Gasteiger partial charge in [0, 0.05) is 59.8 Å². The number of nitrogens with zero attached hydrogens (tertiary/aromatic N) is 7. The van der Waals surface area contributed by atoms with Crippen LogP contribution in [0.15, 0.2) is 71.7 Å². The quantitative estimate of drug-likeness (QED) is 0.0755. The molecule has 0 bridgehead atoms. The van der Waals surface area contributed by atoms with Crippen molar-refractivity contribution < 1.29 is 44.2 Å². The number of aryl methyl sites for hydroxylation is 1. The van der Waals surface area contributed by atoms with Gasteiger partial charge in [-0.15, -0.1) is 5.10 Å². The lowest BCUT2D eigenvalue weighted by atomic mass is 9.85. The van der Waals surface area contributed by atoms with Crippen molar-refractivity contribution in [3.63, 3.8) is 0 Å². The second kappa shape index (κ2) is 16.1. The maximum Gasteiger partial charge on any atom is 0.411 e. The van der Waals surface area contributed by atoms with Gasteiger partial charge in [0.25, 0.3) is 5.56 Å². The molecule has 7 aromatic rings. The van der Waals surface area contributed by atoms with Gasteiger partial charge in [0.2, 0.25) is 5.60 Å². The number of phenols is 3. The molecule has 4 N–H and O–H groups in total. The SMILES string of the molecule is CCc1c2c(nc3ccc(O)cc13)-c1cc3c(c(=O)n1C2)COC(=O)C3(CC)OC(=O)N(C)CCOCCn1ccc2cc(-n3c(O)nnc3-c3cc(C(C)C)c(O)cc3O)ccc21. The Labute approximate surface area is 366 Å². The number of cyclic esters (lactones) is 1. The van der Waals surface area contributed by atoms with E-state index in [1.807, 2.05) is 49.7 Å². The number of hydrogen-bond donors (Lipinski definition) is 4. The molecule has 17 nitrogen and oxygen atoms in total. The van der Waals surface area contributed by atoms with Crippen LogP contribution in [0.4, 0.5) is 4.79 Å². The molecule has 6 heterocycles. The smallest absolute Gasteiger partial charge is 0.411 e. The zero-order valence-electron chi connectivity index (χ0n) is 36.0. The third kappa shape index (κ3) is 6.83. The molecule has 9 rings (SSSR count). The summed E-state index contributed by atoms with van der Waals surface area (Å²) in [5.41, 5.74) is 4.27. The first-order chi connectivity index (χ1) is 30.7. The third-order valence-electron chi connectivity index (χ3n) is 12.4. The van der Waals surface area contributed by atoms with Gasteiger partial charge in [-0.25, -0.2) is 19.1 Å². The summed E-state index contributed by atoms with van der Waals surface area (Å²) in [7, 11) is 1.54. The fourth-order valence-electron chi connectivity index (χ4n) is 8.94. The van der Waals surface area contributed by atoms with Crippen molar-refractivity contribution in [2.75, 3.05) is 26.8 Å². The van der Waals surface area contributed by atoms with Gasteiger partial charge in [0.15, 0.2) is 5.82 Å². The molecular formula is C47H47N7O10. The Bertz CT molecular complexity index is 3100. The number of fused-ring (bicyclic) bond motifs is 6. The summed E-state index contributed by atoms with van der Waals surface area (Å²) in [5.74, 6) is -0.712. The molecule has 4 aromatic heterocycles. The van der Waals surface area contributed by atoms with Crippen LogP contribution in [0.3, 0.4) is 0 Å². The highest BCUT2D eigenvalue weighted by Crippen LogP contribution is 2.43. The van der Waals surface area contributed by atoms with Crippen molar-refractivity contribution >= 4 is 33.9 Å². The molecule has 2 aliphatic heterocycles. The summed E-state index contributed by atoms with van der Waals surface area (Å²) >= 11 is 0. The molecule has 0 saturated heterocycles. The van der Waals surface area contributed by atoms with E-state index in [0.717, 1.165) is 27.4 Å². The van der Waals surface area contributed by atoms with Crippen molar-refractivity contribution in [2.24, 2.45) is 0 Å². The van der Waals surface area contributed by atoms with E-state index < -0.39 is 17.7 Å². The lowest BCUT2D eigenvalue weighted by Gasteiger charge is -2.36. The van der Waals surface area contributed by atoms with E-state index in [9.17, 15) is 34.8 Å². The lowest BCUT2D eigenvalue weighted by molar-refractivity contribution is -0.173. The standard InChI is InChI=1S/C47H47N7O10/c1-6-29-31-19-28(55)9-10-36(31)48-41-33(29)23-53-38(41)21-35-34(43(53)58)24-63-44(59)47(35,7-2)64-46(61)51(5)14-16-62-17-15-52-13-12-26-18-27(8-11-37(26)52)54-42(49-50-45(54)60)32-20-30(25(3)4)39(56)22-40(32)57/h8-13,18-22,25,55-57H,6-7,14-17,23-24H2,1-5H3,(H,50,60). The van der Waals surface area contributed by atoms with Crippen molar-refractivity contribution in [2.45, 2.75) is 71.8 Å². The number of ether oxygens (including phenoxy) is 3. The number of benzene rings is 3. The molecule has 0 spiro atoms. The minimum atomic E-state index is -1.87. The number of aromatic hydroxyl groups is 4. The molecule has 0 fully saturated rings. The molecule has 17 heteroatoms. The van der Waals surface area contributed by atoms with Crippen molar-refractivity contribution in [3.8, 4) is 51.7 Å². The van der Waals surface area contributed by atoms with Crippen molar-refractivity contribution in [1.82, 2.24) is 33.8 Å². The fourth-order valence-corrected chi connectivity index (χ4v) is 8.94. The first kappa shape index (κ1) is 41.9. The van der Waals surface area contributed by atoms with Gasteiger partial charge in [0.05, 0.1) is 53.5 Å². The molecule has 64 heavy (non-hydrogen) atoms. The monoisotopic (exact) mass is 869 g/mol. The van der Waals surface area contributed by atoms with E-state index in [-0.39, 0.29) is 84.4 Å². The Morgan fingerprint density at radius 1 is 0.953 bits per heavy atom.